The van der Waals surface area contributed by atoms with Crippen molar-refractivity contribution in [3.63, 3.8) is 0 Å². The van der Waals surface area contributed by atoms with E-state index in [1.807, 2.05) is 24.3 Å². The highest BCUT2D eigenvalue weighted by atomic mass is 32.1. The second kappa shape index (κ2) is 8.22. The summed E-state index contributed by atoms with van der Waals surface area (Å²) in [6, 6.07) is 18.1. The Morgan fingerprint density at radius 3 is 2.57 bits per heavy atom. The topological polar surface area (TPSA) is 50.7 Å². The monoisotopic (exact) mass is 394 g/mol. The molecule has 2 heterocycles. The van der Waals surface area contributed by atoms with Gasteiger partial charge in [-0.05, 0) is 41.5 Å². The number of pyridine rings is 1. The van der Waals surface area contributed by atoms with Crippen LogP contribution < -0.4 is 5.32 Å². The molecule has 7 heteroatoms. The van der Waals surface area contributed by atoms with Crippen molar-refractivity contribution in [2.45, 2.75) is 12.5 Å². The van der Waals surface area contributed by atoms with Crippen molar-refractivity contribution in [3.05, 3.63) is 106 Å². The molecule has 0 amide bonds. The average Bonchev–Trinajstić information content (AvgIpc) is 3.16. The van der Waals surface area contributed by atoms with Gasteiger partial charge in [0.1, 0.15) is 16.6 Å². The zero-order valence-corrected chi connectivity index (χ0v) is 15.5. The lowest BCUT2D eigenvalue weighted by atomic mass is 10.0. The van der Waals surface area contributed by atoms with Crippen molar-refractivity contribution in [3.8, 4) is 0 Å². The van der Waals surface area contributed by atoms with Gasteiger partial charge in [-0.1, -0.05) is 47.7 Å². The number of aromatic nitrogens is 3. The molecule has 4 aromatic rings. The first-order valence-electron chi connectivity index (χ1n) is 8.68. The Labute approximate surface area is 164 Å². The smallest absolute Gasteiger partial charge is 0.206 e. The molecule has 1 atom stereocenters. The number of halogens is 2. The Bertz CT molecular complexity index is 1070. The second-order valence-corrected chi connectivity index (χ2v) is 7.22. The van der Waals surface area contributed by atoms with Crippen LogP contribution in [0.3, 0.4) is 0 Å². The van der Waals surface area contributed by atoms with Crippen LogP contribution in [-0.4, -0.2) is 15.2 Å². The summed E-state index contributed by atoms with van der Waals surface area (Å²) >= 11 is 1.34. The summed E-state index contributed by atoms with van der Waals surface area (Å²) in [5.41, 5.74) is 2.03. The zero-order valence-electron chi connectivity index (χ0n) is 14.7. The first-order chi connectivity index (χ1) is 13.7. The molecule has 0 aliphatic carbocycles. The van der Waals surface area contributed by atoms with Gasteiger partial charge in [0.05, 0.1) is 11.7 Å². The molecule has 1 N–H and O–H groups in total. The van der Waals surface area contributed by atoms with Gasteiger partial charge in [-0.3, -0.25) is 4.98 Å². The van der Waals surface area contributed by atoms with Crippen LogP contribution in [0.1, 0.15) is 27.9 Å². The largest absolute Gasteiger partial charge is 0.348 e. The summed E-state index contributed by atoms with van der Waals surface area (Å²) in [4.78, 5) is 4.39. The average molecular weight is 394 g/mol. The zero-order chi connectivity index (χ0) is 19.3. The summed E-state index contributed by atoms with van der Waals surface area (Å²) in [6.45, 7) is 0. The molecule has 28 heavy (non-hydrogen) atoms. The summed E-state index contributed by atoms with van der Waals surface area (Å²) < 4.78 is 27.6. The maximum absolute atomic E-state index is 13.9. The van der Waals surface area contributed by atoms with Crippen molar-refractivity contribution < 1.29 is 8.78 Å². The van der Waals surface area contributed by atoms with E-state index in [0.717, 1.165) is 11.3 Å². The molecule has 1 unspecified atom stereocenters. The molecular weight excluding hydrogens is 378 g/mol. The molecule has 0 bridgehead atoms. The van der Waals surface area contributed by atoms with Gasteiger partial charge in [0.25, 0.3) is 0 Å². The SMILES string of the molecule is Fc1cccc(C(Nc2nnc(Cc3ccccc3F)s2)c2ccccn2)c1. The minimum Gasteiger partial charge on any atom is -0.348 e. The van der Waals surface area contributed by atoms with E-state index in [0.29, 0.717) is 22.1 Å². The van der Waals surface area contributed by atoms with Gasteiger partial charge in [0.15, 0.2) is 0 Å². The van der Waals surface area contributed by atoms with Crippen LogP contribution >= 0.6 is 11.3 Å². The van der Waals surface area contributed by atoms with Crippen molar-refractivity contribution in [2.24, 2.45) is 0 Å². The number of hydrogen-bond acceptors (Lipinski definition) is 5. The molecule has 0 aliphatic heterocycles. The summed E-state index contributed by atoms with van der Waals surface area (Å²) in [5, 5.41) is 12.9. The van der Waals surface area contributed by atoms with Crippen molar-refractivity contribution >= 4 is 16.5 Å². The molecule has 0 aliphatic rings. The van der Waals surface area contributed by atoms with Gasteiger partial charge >= 0.3 is 0 Å². The number of hydrogen-bond donors (Lipinski definition) is 1. The van der Waals surface area contributed by atoms with Crippen LogP contribution in [0.4, 0.5) is 13.9 Å². The Morgan fingerprint density at radius 2 is 1.79 bits per heavy atom. The first kappa shape index (κ1) is 18.2. The van der Waals surface area contributed by atoms with Gasteiger partial charge in [0.2, 0.25) is 5.13 Å². The minimum atomic E-state index is -0.383. The van der Waals surface area contributed by atoms with Gasteiger partial charge in [-0.2, -0.15) is 0 Å². The summed E-state index contributed by atoms with van der Waals surface area (Å²) in [6.07, 6.45) is 2.05. The Hall–Kier alpha value is -3.19. The molecule has 0 saturated carbocycles. The standard InChI is InChI=1S/C21H16F2N4S/c22-16-8-5-7-15(12-16)20(18-10-3-4-11-24-18)25-21-27-26-19(28-21)13-14-6-1-2-9-17(14)23/h1-12,20H,13H2,(H,25,27). The molecule has 4 rings (SSSR count). The summed E-state index contributed by atoms with van der Waals surface area (Å²) in [5.74, 6) is -0.587. The fraction of sp³-hybridized carbons (Fsp3) is 0.0952. The predicted molar refractivity (Wildman–Crippen MR) is 105 cm³/mol. The van der Waals surface area contributed by atoms with Crippen LogP contribution in [0.5, 0.6) is 0 Å². The highest BCUT2D eigenvalue weighted by molar-refractivity contribution is 7.15. The van der Waals surface area contributed by atoms with Crippen LogP contribution in [0, 0.1) is 11.6 Å². The van der Waals surface area contributed by atoms with E-state index in [2.05, 4.69) is 20.5 Å². The van der Waals surface area contributed by atoms with E-state index >= 15 is 0 Å². The molecule has 2 aromatic carbocycles. The maximum atomic E-state index is 13.9. The van der Waals surface area contributed by atoms with Gasteiger partial charge < -0.3 is 5.32 Å². The number of rotatable bonds is 6. The first-order valence-corrected chi connectivity index (χ1v) is 9.49. The lowest BCUT2D eigenvalue weighted by molar-refractivity contribution is 0.613. The third kappa shape index (κ3) is 4.20. The highest BCUT2D eigenvalue weighted by Gasteiger charge is 2.18. The number of anilines is 1. The quantitative estimate of drug-likeness (QED) is 0.500. The lowest BCUT2D eigenvalue weighted by Gasteiger charge is -2.18. The second-order valence-electron chi connectivity index (χ2n) is 6.16. The van der Waals surface area contributed by atoms with Crippen molar-refractivity contribution in [1.82, 2.24) is 15.2 Å². The van der Waals surface area contributed by atoms with Crippen LogP contribution in [0.2, 0.25) is 0 Å². The van der Waals surface area contributed by atoms with Crippen molar-refractivity contribution in [2.75, 3.05) is 5.32 Å². The minimum absolute atomic E-state index is 0.265. The predicted octanol–water partition coefficient (Wildman–Crippen LogP) is 5.00. The van der Waals surface area contributed by atoms with Gasteiger partial charge in [-0.15, -0.1) is 10.2 Å². The van der Waals surface area contributed by atoms with Crippen LogP contribution in [0.15, 0.2) is 72.9 Å². The fourth-order valence-corrected chi connectivity index (χ4v) is 3.66. The van der Waals surface area contributed by atoms with Crippen LogP contribution in [0.25, 0.3) is 0 Å². The molecule has 0 saturated heterocycles. The fourth-order valence-electron chi connectivity index (χ4n) is 2.87. The van der Waals surface area contributed by atoms with E-state index in [-0.39, 0.29) is 17.7 Å². The number of benzene rings is 2. The third-order valence-electron chi connectivity index (χ3n) is 4.20. The van der Waals surface area contributed by atoms with E-state index in [1.165, 1.54) is 29.5 Å². The molecule has 2 aromatic heterocycles. The Balaban J connectivity index is 1.59. The van der Waals surface area contributed by atoms with Gasteiger partial charge in [0, 0.05) is 12.6 Å². The normalized spacial score (nSPS) is 11.9. The molecule has 0 radical (unpaired) electrons. The molecular formula is C21H16F2N4S. The number of nitrogens with one attached hydrogen (secondary N) is 1. The van der Waals surface area contributed by atoms with E-state index < -0.39 is 0 Å². The molecule has 140 valence electrons. The maximum Gasteiger partial charge on any atom is 0.206 e. The molecule has 4 nitrogen and oxygen atoms in total. The summed E-state index contributed by atoms with van der Waals surface area (Å²) in [7, 11) is 0. The third-order valence-corrected chi connectivity index (χ3v) is 5.05. The number of nitrogens with zero attached hydrogens (tertiary/aromatic N) is 3. The molecule has 0 spiro atoms. The van der Waals surface area contributed by atoms with Gasteiger partial charge in [-0.25, -0.2) is 8.78 Å². The van der Waals surface area contributed by atoms with E-state index in [1.54, 1.807) is 30.5 Å². The molecule has 0 fully saturated rings. The Morgan fingerprint density at radius 1 is 0.929 bits per heavy atom. The van der Waals surface area contributed by atoms with Crippen LogP contribution in [-0.2, 0) is 6.42 Å². The van der Waals surface area contributed by atoms with E-state index in [9.17, 15) is 8.78 Å². The lowest BCUT2D eigenvalue weighted by Crippen LogP contribution is -2.13. The van der Waals surface area contributed by atoms with Crippen molar-refractivity contribution in [1.29, 1.82) is 0 Å². The van der Waals surface area contributed by atoms with E-state index in [4.69, 9.17) is 0 Å². The Kier molecular flexibility index (Phi) is 5.34. The highest BCUT2D eigenvalue weighted by Crippen LogP contribution is 2.28.